The van der Waals surface area contributed by atoms with Gasteiger partial charge in [-0.3, -0.25) is 4.79 Å². The number of hydrogen-bond acceptors (Lipinski definition) is 1. The van der Waals surface area contributed by atoms with E-state index in [0.717, 1.165) is 16.7 Å². The predicted molar refractivity (Wildman–Crippen MR) is 48.8 cm³/mol. The Kier molecular flexibility index (Phi) is 2.49. The summed E-state index contributed by atoms with van der Waals surface area (Å²) in [5.74, 6) is 0. The van der Waals surface area contributed by atoms with Gasteiger partial charge in [-0.05, 0) is 35.8 Å². The molecule has 0 N–H and O–H groups in total. The van der Waals surface area contributed by atoms with Crippen LogP contribution in [-0.4, -0.2) is 4.57 Å². The van der Waals surface area contributed by atoms with Gasteiger partial charge in [0.1, 0.15) is 0 Å². The second kappa shape index (κ2) is 3.22. The Morgan fingerprint density at radius 1 is 1.55 bits per heavy atom. The number of halogens is 1. The molecule has 11 heavy (non-hydrogen) atoms. The normalized spacial score (nSPS) is 10.1. The highest BCUT2D eigenvalue weighted by molar-refractivity contribution is 9.10. The van der Waals surface area contributed by atoms with E-state index >= 15 is 0 Å². The minimum atomic E-state index is 0.0631. The molecule has 0 unspecified atom stereocenters. The monoisotopic (exact) mass is 215 g/mol. The molecule has 0 aliphatic carbocycles. The van der Waals surface area contributed by atoms with Crippen LogP contribution in [0.15, 0.2) is 21.4 Å². The molecule has 0 aromatic carbocycles. The molecule has 1 rings (SSSR count). The zero-order chi connectivity index (χ0) is 8.43. The molecule has 0 aliphatic rings. The van der Waals surface area contributed by atoms with Crippen LogP contribution in [0.5, 0.6) is 0 Å². The number of hydrogen-bond donors (Lipinski definition) is 0. The van der Waals surface area contributed by atoms with Gasteiger partial charge in [0.15, 0.2) is 0 Å². The van der Waals surface area contributed by atoms with Crippen LogP contribution in [0.1, 0.15) is 12.6 Å². The van der Waals surface area contributed by atoms with E-state index in [1.54, 1.807) is 16.7 Å². The first-order valence-corrected chi connectivity index (χ1v) is 4.32. The van der Waals surface area contributed by atoms with Gasteiger partial charge in [-0.25, -0.2) is 0 Å². The molecule has 0 radical (unpaired) electrons. The molecule has 0 amide bonds. The lowest BCUT2D eigenvalue weighted by Crippen LogP contribution is -2.20. The quantitative estimate of drug-likeness (QED) is 0.703. The fourth-order valence-corrected chi connectivity index (χ4v) is 1.39. The fraction of sp³-hybridized carbons (Fsp3) is 0.375. The van der Waals surface area contributed by atoms with Crippen molar-refractivity contribution < 1.29 is 0 Å². The van der Waals surface area contributed by atoms with Gasteiger partial charge in [0.25, 0.3) is 5.56 Å². The van der Waals surface area contributed by atoms with Crippen LogP contribution in [0.4, 0.5) is 0 Å². The Hall–Kier alpha value is -0.570. The minimum Gasteiger partial charge on any atom is -0.312 e. The summed E-state index contributed by atoms with van der Waals surface area (Å²) < 4.78 is 2.71. The largest absolute Gasteiger partial charge is 0.312 e. The lowest BCUT2D eigenvalue weighted by Gasteiger charge is -2.06. The Balaban J connectivity index is 3.41. The zero-order valence-corrected chi connectivity index (χ0v) is 8.18. The van der Waals surface area contributed by atoms with Crippen LogP contribution in [0.3, 0.4) is 0 Å². The maximum Gasteiger partial charge on any atom is 0.250 e. The predicted octanol–water partition coefficient (Wildman–Crippen LogP) is 1.94. The molecule has 0 saturated heterocycles. The van der Waals surface area contributed by atoms with E-state index in [0.29, 0.717) is 0 Å². The first-order valence-electron chi connectivity index (χ1n) is 3.52. The van der Waals surface area contributed by atoms with Gasteiger partial charge in [-0.15, -0.1) is 0 Å². The first kappa shape index (κ1) is 8.53. The molecule has 3 heteroatoms. The number of nitrogens with zero attached hydrogens (tertiary/aromatic N) is 1. The van der Waals surface area contributed by atoms with Crippen molar-refractivity contribution in [2.24, 2.45) is 0 Å². The molecule has 1 aromatic rings. The summed E-state index contributed by atoms with van der Waals surface area (Å²) in [5, 5.41) is 0. The minimum absolute atomic E-state index is 0.0631. The Labute approximate surface area is 74.0 Å². The van der Waals surface area contributed by atoms with Gasteiger partial charge in [0.05, 0.1) is 0 Å². The summed E-state index contributed by atoms with van der Waals surface area (Å²) in [6.07, 6.45) is 0. The third-order valence-electron chi connectivity index (χ3n) is 1.71. The topological polar surface area (TPSA) is 22.0 Å². The van der Waals surface area contributed by atoms with Crippen LogP contribution in [0.2, 0.25) is 0 Å². The van der Waals surface area contributed by atoms with Crippen LogP contribution in [0, 0.1) is 6.92 Å². The lowest BCUT2D eigenvalue weighted by molar-refractivity contribution is 0.697. The molecule has 0 saturated carbocycles. The average Bonchev–Trinajstić information content (AvgIpc) is 1.99. The second-order valence-electron chi connectivity index (χ2n) is 2.35. The summed E-state index contributed by atoms with van der Waals surface area (Å²) in [5.41, 5.74) is 1.05. The summed E-state index contributed by atoms with van der Waals surface area (Å²) in [4.78, 5) is 11.2. The van der Waals surface area contributed by atoms with Crippen LogP contribution < -0.4 is 5.56 Å². The van der Waals surface area contributed by atoms with Crippen molar-refractivity contribution in [1.82, 2.24) is 4.57 Å². The van der Waals surface area contributed by atoms with E-state index < -0.39 is 0 Å². The van der Waals surface area contributed by atoms with Gasteiger partial charge >= 0.3 is 0 Å². The van der Waals surface area contributed by atoms with E-state index in [1.807, 2.05) is 13.8 Å². The summed E-state index contributed by atoms with van der Waals surface area (Å²) in [6.45, 7) is 4.61. The maximum absolute atomic E-state index is 11.2. The van der Waals surface area contributed by atoms with Gasteiger partial charge in [0, 0.05) is 22.8 Å². The molecular formula is C8H10BrNO. The number of pyridine rings is 1. The molecule has 0 bridgehead atoms. The van der Waals surface area contributed by atoms with Gasteiger partial charge in [-0.2, -0.15) is 0 Å². The second-order valence-corrected chi connectivity index (χ2v) is 3.20. The number of rotatable bonds is 1. The smallest absolute Gasteiger partial charge is 0.250 e. The SMILES string of the molecule is CCn1c(C)c(Br)ccc1=O. The highest BCUT2D eigenvalue weighted by atomic mass is 79.9. The van der Waals surface area contributed by atoms with Gasteiger partial charge < -0.3 is 4.57 Å². The Morgan fingerprint density at radius 2 is 2.18 bits per heavy atom. The molecule has 60 valence electrons. The van der Waals surface area contributed by atoms with E-state index in [1.165, 1.54) is 0 Å². The van der Waals surface area contributed by atoms with Crippen LogP contribution in [0.25, 0.3) is 0 Å². The molecule has 0 spiro atoms. The Morgan fingerprint density at radius 3 is 2.64 bits per heavy atom. The van der Waals surface area contributed by atoms with E-state index in [9.17, 15) is 4.79 Å². The molecular weight excluding hydrogens is 206 g/mol. The first-order chi connectivity index (χ1) is 5.16. The average molecular weight is 216 g/mol. The summed E-state index contributed by atoms with van der Waals surface area (Å²) in [7, 11) is 0. The molecule has 0 fully saturated rings. The summed E-state index contributed by atoms with van der Waals surface area (Å²) in [6, 6.07) is 3.35. The van der Waals surface area contributed by atoms with Crippen molar-refractivity contribution in [3.05, 3.63) is 32.7 Å². The highest BCUT2D eigenvalue weighted by Crippen LogP contribution is 2.11. The maximum atomic E-state index is 11.2. The Bertz CT molecular complexity index is 316. The van der Waals surface area contributed by atoms with Gasteiger partial charge in [-0.1, -0.05) is 0 Å². The van der Waals surface area contributed by atoms with Gasteiger partial charge in [0.2, 0.25) is 0 Å². The fourth-order valence-electron chi connectivity index (χ4n) is 1.04. The lowest BCUT2D eigenvalue weighted by atomic mass is 10.3. The highest BCUT2D eigenvalue weighted by Gasteiger charge is 1.99. The molecule has 0 aliphatic heterocycles. The van der Waals surface area contributed by atoms with Crippen molar-refractivity contribution >= 4 is 15.9 Å². The van der Waals surface area contributed by atoms with Crippen LogP contribution in [-0.2, 0) is 6.54 Å². The zero-order valence-electron chi connectivity index (χ0n) is 6.60. The van der Waals surface area contributed by atoms with Crippen molar-refractivity contribution in [2.45, 2.75) is 20.4 Å². The van der Waals surface area contributed by atoms with Crippen molar-refractivity contribution in [2.75, 3.05) is 0 Å². The molecule has 0 atom stereocenters. The standard InChI is InChI=1S/C8H10BrNO/c1-3-10-6(2)7(9)4-5-8(10)11/h4-5H,3H2,1-2H3. The molecule has 2 nitrogen and oxygen atoms in total. The van der Waals surface area contributed by atoms with Crippen molar-refractivity contribution in [1.29, 1.82) is 0 Å². The van der Waals surface area contributed by atoms with E-state index in [-0.39, 0.29) is 5.56 Å². The van der Waals surface area contributed by atoms with Crippen molar-refractivity contribution in [3.63, 3.8) is 0 Å². The third kappa shape index (κ3) is 1.53. The number of aromatic nitrogens is 1. The van der Waals surface area contributed by atoms with Crippen LogP contribution >= 0.6 is 15.9 Å². The molecule has 1 aromatic heterocycles. The van der Waals surface area contributed by atoms with E-state index in [4.69, 9.17) is 0 Å². The van der Waals surface area contributed by atoms with E-state index in [2.05, 4.69) is 15.9 Å². The van der Waals surface area contributed by atoms with Crippen molar-refractivity contribution in [3.8, 4) is 0 Å². The summed E-state index contributed by atoms with van der Waals surface area (Å²) >= 11 is 3.36. The molecule has 1 heterocycles. The third-order valence-corrected chi connectivity index (χ3v) is 2.54.